The van der Waals surface area contributed by atoms with Crippen molar-refractivity contribution < 1.29 is 37.2 Å². The second kappa shape index (κ2) is 17.6. The number of carbonyl (C=O) groups excluding carboxylic acids is 1. The number of aliphatic hydroxyl groups excluding tert-OH is 1. The van der Waals surface area contributed by atoms with Crippen LogP contribution >= 0.6 is 0 Å². The van der Waals surface area contributed by atoms with Crippen LogP contribution in [0.1, 0.15) is 109 Å². The summed E-state index contributed by atoms with van der Waals surface area (Å²) in [6.07, 6.45) is 5.24. The Labute approximate surface area is 317 Å². The fourth-order valence-electron chi connectivity index (χ4n) is 6.18. The van der Waals surface area contributed by atoms with Gasteiger partial charge in [0.1, 0.15) is 11.3 Å². The van der Waals surface area contributed by atoms with Crippen LogP contribution in [0.4, 0.5) is 0 Å². The van der Waals surface area contributed by atoms with Gasteiger partial charge in [-0.3, -0.25) is 9.78 Å². The molecule has 0 aliphatic rings. The van der Waals surface area contributed by atoms with E-state index < -0.39 is 11.8 Å². The van der Waals surface area contributed by atoms with Crippen molar-refractivity contribution in [1.82, 2.24) is 4.98 Å². The van der Waals surface area contributed by atoms with Crippen LogP contribution < -0.4 is 0 Å². The minimum absolute atomic E-state index is 0. The second-order valence-corrected chi connectivity index (χ2v) is 15.1. The van der Waals surface area contributed by atoms with Crippen LogP contribution in [0.15, 0.2) is 89.2 Å². The first-order valence-corrected chi connectivity index (χ1v) is 17.9. The Morgan fingerprint density at radius 2 is 1.56 bits per heavy atom. The summed E-state index contributed by atoms with van der Waals surface area (Å²) in [4.78, 5) is 16.4. The zero-order valence-electron chi connectivity index (χ0n) is 33.5. The Balaban J connectivity index is 0.000000389. The molecule has 0 saturated heterocycles. The Morgan fingerprint density at radius 3 is 2.18 bits per heavy atom. The number of carbonyl (C=O) groups is 1. The minimum Gasteiger partial charge on any atom is -0.512 e. The number of hydrogen-bond acceptors (Lipinski definition) is 4. The van der Waals surface area contributed by atoms with Gasteiger partial charge in [0.25, 0.3) is 0 Å². The normalized spacial score (nSPS) is 13.2. The number of hydrogen-bond donors (Lipinski definition) is 1. The molecule has 0 saturated carbocycles. The van der Waals surface area contributed by atoms with Gasteiger partial charge in [0.15, 0.2) is 5.78 Å². The molecule has 4 nitrogen and oxygen atoms in total. The predicted molar refractivity (Wildman–Crippen MR) is 207 cm³/mol. The van der Waals surface area contributed by atoms with Crippen molar-refractivity contribution in [2.75, 3.05) is 0 Å². The van der Waals surface area contributed by atoms with Gasteiger partial charge < -0.3 is 9.52 Å². The number of ketones is 1. The van der Waals surface area contributed by atoms with Gasteiger partial charge in [-0.05, 0) is 66.6 Å². The van der Waals surface area contributed by atoms with Crippen molar-refractivity contribution in [3.8, 4) is 22.6 Å². The molecule has 5 aromatic rings. The molecule has 0 aliphatic carbocycles. The van der Waals surface area contributed by atoms with Gasteiger partial charge in [-0.2, -0.15) is 0 Å². The zero-order valence-corrected chi connectivity index (χ0v) is 33.9. The molecule has 2 heterocycles. The van der Waals surface area contributed by atoms with Crippen molar-refractivity contribution in [2.24, 2.45) is 17.3 Å². The maximum Gasteiger partial charge on any atom is 0.162 e. The summed E-state index contributed by atoms with van der Waals surface area (Å²) in [5.41, 5.74) is 4.75. The molecule has 5 rings (SSSR count). The van der Waals surface area contributed by atoms with Crippen LogP contribution in [0.3, 0.4) is 0 Å². The number of rotatable bonds is 10. The molecule has 0 fully saturated rings. The number of pyridine rings is 1. The first-order chi connectivity index (χ1) is 23.9. The predicted octanol–water partition coefficient (Wildman–Crippen LogP) is 12.9. The number of furan rings is 1. The Morgan fingerprint density at radius 1 is 0.900 bits per heavy atom. The van der Waals surface area contributed by atoms with Crippen LogP contribution in [-0.2, 0) is 36.7 Å². The van der Waals surface area contributed by atoms with Crippen molar-refractivity contribution >= 4 is 27.5 Å². The standard InChI is InChI=1S/C32H32NO.C13H24O2.Ir/c1-31(2,3)20-21-11-12-23-19-30(34-29(23)15-21)24-13-14-33-28(18-24)25-16-22-9-7-8-10-26(22)27(17-25)32(4,5)6;1-5-10(6-2)12(14)9-13(15)11(7-3)8-4;/h7-15,17-19H,20H2,1-6H3;9-11,14H,5-8H2,1-4H3;/q-1;;/b;12-9-;/i20D2;;. The Hall–Kier alpha value is -3.53. The summed E-state index contributed by atoms with van der Waals surface area (Å²) in [5, 5.41) is 13.0. The van der Waals surface area contributed by atoms with E-state index in [0.717, 1.165) is 59.0 Å². The van der Waals surface area contributed by atoms with Gasteiger partial charge in [-0.15, -0.1) is 29.1 Å². The van der Waals surface area contributed by atoms with E-state index in [0.29, 0.717) is 11.1 Å². The third kappa shape index (κ3) is 10.5. The summed E-state index contributed by atoms with van der Waals surface area (Å²) >= 11 is 0. The summed E-state index contributed by atoms with van der Waals surface area (Å²) in [6.45, 7) is 20.5. The number of allylic oxidation sites excluding steroid dienone is 2. The van der Waals surface area contributed by atoms with E-state index in [9.17, 15) is 9.90 Å². The van der Waals surface area contributed by atoms with Crippen LogP contribution in [0, 0.1) is 23.3 Å². The molecule has 5 heteroatoms. The summed E-state index contributed by atoms with van der Waals surface area (Å²) in [6, 6.07) is 25.8. The van der Waals surface area contributed by atoms with Crippen molar-refractivity contribution in [2.45, 2.75) is 107 Å². The van der Waals surface area contributed by atoms with Crippen LogP contribution in [0.2, 0.25) is 0 Å². The van der Waals surface area contributed by atoms with E-state index in [1.54, 1.807) is 6.20 Å². The largest absolute Gasteiger partial charge is 0.512 e. The number of aromatic nitrogens is 1. The van der Waals surface area contributed by atoms with Crippen LogP contribution in [0.5, 0.6) is 0 Å². The number of aliphatic hydroxyl groups is 1. The average Bonchev–Trinajstić information content (AvgIpc) is 3.52. The van der Waals surface area contributed by atoms with E-state index in [-0.39, 0.29) is 48.9 Å². The summed E-state index contributed by atoms with van der Waals surface area (Å²) < 4.78 is 23.5. The van der Waals surface area contributed by atoms with Gasteiger partial charge in [0.2, 0.25) is 0 Å². The fraction of sp³-hybridized carbons (Fsp3) is 0.422. The maximum absolute atomic E-state index is 11.7. The smallest absolute Gasteiger partial charge is 0.162 e. The quantitative estimate of drug-likeness (QED) is 0.0864. The SMILES string of the molecule is CCC(CC)C(=O)/C=C(\O)C(CC)CC.[2H]C([2H])(c1ccc2cc(-c3ccnc(-c4[c-]c5ccccc5c(C(C)(C)C)c4)c3)oc2c1)C(C)(C)C.[Ir]. The molecule has 1 radical (unpaired) electrons. The van der Waals surface area contributed by atoms with Gasteiger partial charge in [-0.25, -0.2) is 0 Å². The topological polar surface area (TPSA) is 63.3 Å². The monoisotopic (exact) mass is 853 g/mol. The second-order valence-electron chi connectivity index (χ2n) is 15.1. The van der Waals surface area contributed by atoms with Gasteiger partial charge in [0.05, 0.1) is 5.76 Å². The first kappa shape index (κ1) is 37.7. The Bertz CT molecular complexity index is 1990. The van der Waals surface area contributed by atoms with Crippen LogP contribution in [0.25, 0.3) is 44.3 Å². The molecule has 0 bridgehead atoms. The van der Waals surface area contributed by atoms with Crippen LogP contribution in [-0.4, -0.2) is 15.9 Å². The number of benzene rings is 3. The molecular formula is C45H56IrNO3-. The van der Waals surface area contributed by atoms with E-state index in [4.69, 9.17) is 7.16 Å². The molecule has 0 amide bonds. The van der Waals surface area contributed by atoms with Crippen molar-refractivity contribution in [3.63, 3.8) is 0 Å². The van der Waals surface area contributed by atoms with E-state index in [2.05, 4.69) is 56.1 Å². The van der Waals surface area contributed by atoms with Gasteiger partial charge in [0, 0.05) is 63.6 Å². The molecule has 269 valence electrons. The van der Waals surface area contributed by atoms with E-state index in [1.807, 2.05) is 90.9 Å². The molecule has 0 spiro atoms. The molecule has 0 atom stereocenters. The number of fused-ring (bicyclic) bond motifs is 2. The van der Waals surface area contributed by atoms with Crippen molar-refractivity contribution in [3.05, 3.63) is 102 Å². The van der Waals surface area contributed by atoms with E-state index in [1.165, 1.54) is 17.0 Å². The molecule has 0 unspecified atom stereocenters. The minimum atomic E-state index is -1.48. The average molecular weight is 853 g/mol. The summed E-state index contributed by atoms with van der Waals surface area (Å²) in [7, 11) is 0. The fourth-order valence-corrected chi connectivity index (χ4v) is 6.18. The Kier molecular flexibility index (Phi) is 13.3. The zero-order chi connectivity index (χ0) is 37.7. The molecule has 0 aliphatic heterocycles. The third-order valence-electron chi connectivity index (χ3n) is 9.03. The molecule has 1 N–H and O–H groups in total. The first-order valence-electron chi connectivity index (χ1n) is 18.9. The van der Waals surface area contributed by atoms with Crippen molar-refractivity contribution in [1.29, 1.82) is 0 Å². The van der Waals surface area contributed by atoms with Gasteiger partial charge >= 0.3 is 0 Å². The number of nitrogens with zero attached hydrogens (tertiary/aromatic N) is 1. The van der Waals surface area contributed by atoms with Gasteiger partial charge in [-0.1, -0.05) is 117 Å². The molecule has 3 aromatic carbocycles. The molecule has 2 aromatic heterocycles. The maximum atomic E-state index is 11.7. The van der Waals surface area contributed by atoms with E-state index >= 15 is 0 Å². The molecular weight excluding hydrogens is 795 g/mol. The molecule has 50 heavy (non-hydrogen) atoms. The third-order valence-corrected chi connectivity index (χ3v) is 9.03. The summed E-state index contributed by atoms with van der Waals surface area (Å²) in [5.74, 6) is 1.28.